The molecule has 0 unspecified atom stereocenters. The zero-order valence-electron chi connectivity index (χ0n) is 36.3. The molecule has 0 aromatic heterocycles. The Kier molecular flexibility index (Phi) is 7.74. The largest absolute Gasteiger partial charge is 0.310 e. The SMILES string of the molecule is CC1(C)c2ccccc2-c2ccc(-c3cccc(N(c4ccc5c(c4)C(C)(C)c4ccccc4-5)c4ccccc4-c4cccc5c4-c4cc6ccccc6cc4C5(C)C)c3)cc21. The fraction of sp³-hybridized carbons (Fsp3) is 0.148. The Bertz CT molecular complexity index is 3340. The van der Waals surface area contributed by atoms with E-state index in [0.717, 1.165) is 17.1 Å². The number of benzene rings is 9. The molecule has 0 heterocycles. The predicted molar refractivity (Wildman–Crippen MR) is 262 cm³/mol. The van der Waals surface area contributed by atoms with Crippen molar-refractivity contribution in [2.24, 2.45) is 0 Å². The van der Waals surface area contributed by atoms with Crippen LogP contribution in [0.15, 0.2) is 188 Å². The molecular weight excluding hydrogens is 747 g/mol. The Morgan fingerprint density at radius 1 is 0.290 bits per heavy atom. The smallest absolute Gasteiger partial charge is 0.0540 e. The van der Waals surface area contributed by atoms with Crippen molar-refractivity contribution in [1.29, 1.82) is 0 Å². The first kappa shape index (κ1) is 36.9. The molecule has 3 aliphatic rings. The molecule has 0 saturated carbocycles. The van der Waals surface area contributed by atoms with Gasteiger partial charge in [-0.1, -0.05) is 181 Å². The molecule has 9 aromatic rings. The highest BCUT2D eigenvalue weighted by Gasteiger charge is 2.39. The summed E-state index contributed by atoms with van der Waals surface area (Å²) in [6, 6.07) is 71.1. The van der Waals surface area contributed by atoms with E-state index in [4.69, 9.17) is 0 Å². The zero-order valence-corrected chi connectivity index (χ0v) is 36.3. The van der Waals surface area contributed by atoms with Crippen LogP contribution in [-0.2, 0) is 16.2 Å². The Morgan fingerprint density at radius 3 is 1.50 bits per heavy atom. The predicted octanol–water partition coefficient (Wildman–Crippen LogP) is 16.6. The molecule has 3 aliphatic carbocycles. The molecule has 0 saturated heterocycles. The number of anilines is 3. The van der Waals surface area contributed by atoms with Gasteiger partial charge in [-0.2, -0.15) is 0 Å². The van der Waals surface area contributed by atoms with Gasteiger partial charge in [-0.15, -0.1) is 0 Å². The fourth-order valence-electron chi connectivity index (χ4n) is 11.6. The first-order valence-corrected chi connectivity index (χ1v) is 22.2. The quantitative estimate of drug-likeness (QED) is 0.168. The van der Waals surface area contributed by atoms with E-state index >= 15 is 0 Å². The lowest BCUT2D eigenvalue weighted by atomic mass is 9.81. The van der Waals surface area contributed by atoms with E-state index in [1.807, 2.05) is 0 Å². The maximum absolute atomic E-state index is 2.52. The molecule has 0 aliphatic heterocycles. The van der Waals surface area contributed by atoms with Gasteiger partial charge in [0, 0.05) is 33.2 Å². The van der Waals surface area contributed by atoms with Crippen LogP contribution >= 0.6 is 0 Å². The Balaban J connectivity index is 1.07. The number of hydrogen-bond donors (Lipinski definition) is 0. The number of para-hydroxylation sites is 1. The average Bonchev–Trinajstić information content (AvgIpc) is 3.78. The van der Waals surface area contributed by atoms with Crippen LogP contribution in [0.1, 0.15) is 74.9 Å². The summed E-state index contributed by atoms with van der Waals surface area (Å²) in [5, 5.41) is 2.57. The summed E-state index contributed by atoms with van der Waals surface area (Å²) in [5.74, 6) is 0. The number of fused-ring (bicyclic) bond motifs is 10. The van der Waals surface area contributed by atoms with E-state index in [2.05, 4.69) is 234 Å². The molecule has 0 bridgehead atoms. The topological polar surface area (TPSA) is 3.24 Å². The highest BCUT2D eigenvalue weighted by atomic mass is 15.1. The molecule has 1 nitrogen and oxygen atoms in total. The summed E-state index contributed by atoms with van der Waals surface area (Å²) in [7, 11) is 0. The van der Waals surface area contributed by atoms with E-state index in [0.29, 0.717) is 0 Å². The van der Waals surface area contributed by atoms with E-state index in [1.54, 1.807) is 0 Å². The van der Waals surface area contributed by atoms with Gasteiger partial charge in [-0.3, -0.25) is 0 Å². The minimum absolute atomic E-state index is 0.0747. The third-order valence-electron chi connectivity index (χ3n) is 14.8. The van der Waals surface area contributed by atoms with Crippen molar-refractivity contribution in [2.45, 2.75) is 57.8 Å². The lowest BCUT2D eigenvalue weighted by Crippen LogP contribution is -2.17. The molecule has 9 aromatic carbocycles. The van der Waals surface area contributed by atoms with Crippen LogP contribution in [0.4, 0.5) is 17.1 Å². The molecule has 0 radical (unpaired) electrons. The van der Waals surface area contributed by atoms with E-state index in [-0.39, 0.29) is 16.2 Å². The Labute approximate surface area is 366 Å². The van der Waals surface area contributed by atoms with Gasteiger partial charge in [0.15, 0.2) is 0 Å². The summed E-state index contributed by atoms with van der Waals surface area (Å²) >= 11 is 0. The van der Waals surface area contributed by atoms with Gasteiger partial charge in [0.25, 0.3) is 0 Å². The molecule has 0 fully saturated rings. The molecule has 0 amide bonds. The monoisotopic (exact) mass is 795 g/mol. The standard InChI is InChI=1S/C61H49N/c1-59(2)51-25-12-9-21-44(51)46-31-29-41(36-54(46)59)38-19-15-20-42(33-38)62(43-30-32-47-45-22-10-13-26-52(45)60(3,4)56(47)37-43)57-28-14-11-23-48(57)49-24-16-27-53-58(49)50-34-39-17-7-8-18-40(39)35-55(50)61(53,5)6/h7-37H,1-6H3. The molecular formula is C61H49N. The minimum atomic E-state index is -0.139. The third-order valence-corrected chi connectivity index (χ3v) is 14.8. The normalized spacial score (nSPS) is 15.3. The van der Waals surface area contributed by atoms with Crippen LogP contribution in [0.2, 0.25) is 0 Å². The second-order valence-corrected chi connectivity index (χ2v) is 19.3. The number of nitrogens with zero attached hydrogens (tertiary/aromatic N) is 1. The lowest BCUT2D eigenvalue weighted by molar-refractivity contribution is 0.660. The highest BCUT2D eigenvalue weighted by Crippen LogP contribution is 2.56. The van der Waals surface area contributed by atoms with Gasteiger partial charge >= 0.3 is 0 Å². The van der Waals surface area contributed by atoms with Crippen LogP contribution in [-0.4, -0.2) is 0 Å². The average molecular weight is 796 g/mol. The summed E-state index contributed by atoms with van der Waals surface area (Å²) in [6.45, 7) is 14.3. The molecule has 0 N–H and O–H groups in total. The van der Waals surface area contributed by atoms with Crippen LogP contribution in [0, 0.1) is 0 Å². The summed E-state index contributed by atoms with van der Waals surface area (Å²) in [5.41, 5.74) is 24.3. The minimum Gasteiger partial charge on any atom is -0.310 e. The van der Waals surface area contributed by atoms with Gasteiger partial charge in [0.05, 0.1) is 5.69 Å². The number of hydrogen-bond acceptors (Lipinski definition) is 1. The van der Waals surface area contributed by atoms with Crippen molar-refractivity contribution in [3.8, 4) is 55.6 Å². The van der Waals surface area contributed by atoms with E-state index in [9.17, 15) is 0 Å². The van der Waals surface area contributed by atoms with Crippen molar-refractivity contribution in [3.05, 3.63) is 221 Å². The summed E-state index contributed by atoms with van der Waals surface area (Å²) in [6.07, 6.45) is 0. The molecule has 0 atom stereocenters. The van der Waals surface area contributed by atoms with Crippen molar-refractivity contribution >= 4 is 27.8 Å². The highest BCUT2D eigenvalue weighted by molar-refractivity contribution is 6.02. The van der Waals surface area contributed by atoms with Crippen LogP contribution in [0.25, 0.3) is 66.4 Å². The first-order chi connectivity index (χ1) is 30.0. The van der Waals surface area contributed by atoms with Gasteiger partial charge in [-0.25, -0.2) is 0 Å². The first-order valence-electron chi connectivity index (χ1n) is 22.2. The summed E-state index contributed by atoms with van der Waals surface area (Å²) in [4.78, 5) is 2.52. The number of rotatable bonds is 5. The van der Waals surface area contributed by atoms with Crippen molar-refractivity contribution in [1.82, 2.24) is 0 Å². The second-order valence-electron chi connectivity index (χ2n) is 19.3. The summed E-state index contributed by atoms with van der Waals surface area (Å²) < 4.78 is 0. The van der Waals surface area contributed by atoms with Gasteiger partial charge in [0.2, 0.25) is 0 Å². The fourth-order valence-corrected chi connectivity index (χ4v) is 11.6. The van der Waals surface area contributed by atoms with Gasteiger partial charge < -0.3 is 4.90 Å². The van der Waals surface area contributed by atoms with Crippen LogP contribution in [0.3, 0.4) is 0 Å². The van der Waals surface area contributed by atoms with Crippen molar-refractivity contribution < 1.29 is 0 Å². The maximum Gasteiger partial charge on any atom is 0.0540 e. The van der Waals surface area contributed by atoms with E-state index < -0.39 is 0 Å². The van der Waals surface area contributed by atoms with Gasteiger partial charge in [-0.05, 0) is 143 Å². The lowest BCUT2D eigenvalue weighted by Gasteiger charge is -2.30. The molecule has 1 heteroatoms. The maximum atomic E-state index is 2.52. The Morgan fingerprint density at radius 2 is 0.774 bits per heavy atom. The van der Waals surface area contributed by atoms with Crippen molar-refractivity contribution in [2.75, 3.05) is 4.90 Å². The Hall–Kier alpha value is -6.96. The van der Waals surface area contributed by atoms with E-state index in [1.165, 1.54) is 99.8 Å². The molecule has 298 valence electrons. The molecule has 0 spiro atoms. The van der Waals surface area contributed by atoms with Crippen molar-refractivity contribution in [3.63, 3.8) is 0 Å². The van der Waals surface area contributed by atoms with Gasteiger partial charge in [0.1, 0.15) is 0 Å². The van der Waals surface area contributed by atoms with Crippen LogP contribution < -0.4 is 4.90 Å². The zero-order chi connectivity index (χ0) is 42.1. The molecule has 12 rings (SSSR count). The molecule has 62 heavy (non-hydrogen) atoms. The second kappa shape index (κ2) is 13.0. The third kappa shape index (κ3) is 5.15. The van der Waals surface area contributed by atoms with Crippen LogP contribution in [0.5, 0.6) is 0 Å².